The van der Waals surface area contributed by atoms with E-state index >= 15 is 0 Å². The molecule has 0 aromatic heterocycles. The summed E-state index contributed by atoms with van der Waals surface area (Å²) >= 11 is 0. The largest absolute Gasteiger partial charge is 0.393 e. The molecule has 1 N–H and O–H groups in total. The Balaban J connectivity index is 2.22. The summed E-state index contributed by atoms with van der Waals surface area (Å²) in [4.78, 5) is 0.337. The number of rotatable bonds is 3. The molecule has 4 nitrogen and oxygen atoms in total. The van der Waals surface area contributed by atoms with E-state index in [0.717, 1.165) is 18.4 Å². The van der Waals surface area contributed by atoms with Crippen molar-refractivity contribution in [1.82, 2.24) is 4.31 Å². The van der Waals surface area contributed by atoms with Crippen LogP contribution in [-0.2, 0) is 10.0 Å². The highest BCUT2D eigenvalue weighted by Gasteiger charge is 2.31. The lowest BCUT2D eigenvalue weighted by atomic mass is 9.95. The molecule has 1 saturated heterocycles. The maximum Gasteiger partial charge on any atom is 0.243 e. The first kappa shape index (κ1) is 14.5. The van der Waals surface area contributed by atoms with E-state index in [1.807, 2.05) is 19.1 Å². The van der Waals surface area contributed by atoms with Gasteiger partial charge in [-0.2, -0.15) is 4.31 Å². The molecule has 0 aliphatic carbocycles. The van der Waals surface area contributed by atoms with Crippen molar-refractivity contribution in [3.05, 3.63) is 29.8 Å². The van der Waals surface area contributed by atoms with E-state index in [-0.39, 0.29) is 5.92 Å². The van der Waals surface area contributed by atoms with Crippen LogP contribution >= 0.6 is 0 Å². The van der Waals surface area contributed by atoms with E-state index in [0.29, 0.717) is 18.0 Å². The third-order valence-electron chi connectivity index (χ3n) is 3.76. The molecule has 2 atom stereocenters. The summed E-state index contributed by atoms with van der Waals surface area (Å²) in [6, 6.07) is 6.92. The van der Waals surface area contributed by atoms with Gasteiger partial charge < -0.3 is 5.11 Å². The van der Waals surface area contributed by atoms with Gasteiger partial charge in [-0.25, -0.2) is 8.42 Å². The Morgan fingerprint density at radius 1 is 1.32 bits per heavy atom. The maximum atomic E-state index is 12.5. The average Bonchev–Trinajstić information content (AvgIpc) is 2.39. The minimum absolute atomic E-state index is 0.0361. The van der Waals surface area contributed by atoms with E-state index in [1.54, 1.807) is 19.1 Å². The number of aliphatic hydroxyl groups is 1. The molecule has 1 heterocycles. The topological polar surface area (TPSA) is 57.6 Å². The molecule has 1 aromatic rings. The highest BCUT2D eigenvalue weighted by molar-refractivity contribution is 7.89. The van der Waals surface area contributed by atoms with Crippen molar-refractivity contribution >= 4 is 10.0 Å². The number of hydrogen-bond acceptors (Lipinski definition) is 3. The molecule has 0 saturated carbocycles. The lowest BCUT2D eigenvalue weighted by Gasteiger charge is -2.33. The van der Waals surface area contributed by atoms with E-state index in [2.05, 4.69) is 0 Å². The van der Waals surface area contributed by atoms with Crippen LogP contribution in [0, 0.1) is 12.8 Å². The van der Waals surface area contributed by atoms with Crippen LogP contribution in [0.4, 0.5) is 0 Å². The van der Waals surface area contributed by atoms with Crippen molar-refractivity contribution < 1.29 is 13.5 Å². The van der Waals surface area contributed by atoms with Crippen LogP contribution in [0.3, 0.4) is 0 Å². The van der Waals surface area contributed by atoms with Gasteiger partial charge in [0, 0.05) is 13.1 Å². The standard InChI is InChI=1S/C14H21NO3S/c1-11-5-7-14(8-6-11)19(17,18)15-9-3-4-13(10-15)12(2)16/h5-8,12-13,16H,3-4,9-10H2,1-2H3. The normalized spacial score (nSPS) is 23.2. The first-order chi connectivity index (χ1) is 8.91. The van der Waals surface area contributed by atoms with Gasteiger partial charge >= 0.3 is 0 Å². The summed E-state index contributed by atoms with van der Waals surface area (Å²) in [5.74, 6) is 0.0361. The molecule has 2 rings (SSSR count). The van der Waals surface area contributed by atoms with Crippen molar-refractivity contribution in [2.24, 2.45) is 5.92 Å². The number of sulfonamides is 1. The minimum Gasteiger partial charge on any atom is -0.393 e. The van der Waals surface area contributed by atoms with Crippen LogP contribution in [0.2, 0.25) is 0 Å². The Morgan fingerprint density at radius 3 is 2.53 bits per heavy atom. The van der Waals surface area contributed by atoms with Gasteiger partial charge in [0.25, 0.3) is 0 Å². The van der Waals surface area contributed by atoms with Crippen LogP contribution in [0.25, 0.3) is 0 Å². The second-order valence-electron chi connectivity index (χ2n) is 5.32. The Kier molecular flexibility index (Phi) is 4.28. The van der Waals surface area contributed by atoms with Gasteiger partial charge in [0.1, 0.15) is 0 Å². The number of hydrogen-bond donors (Lipinski definition) is 1. The van der Waals surface area contributed by atoms with Crippen LogP contribution in [0.15, 0.2) is 29.2 Å². The van der Waals surface area contributed by atoms with Gasteiger partial charge in [-0.1, -0.05) is 17.7 Å². The van der Waals surface area contributed by atoms with Gasteiger partial charge in [0.2, 0.25) is 10.0 Å². The summed E-state index contributed by atoms with van der Waals surface area (Å²) in [6.45, 7) is 4.61. The summed E-state index contributed by atoms with van der Waals surface area (Å²) in [6.07, 6.45) is 1.23. The van der Waals surface area contributed by atoms with Crippen molar-refractivity contribution in [3.63, 3.8) is 0 Å². The Hall–Kier alpha value is -0.910. The number of nitrogens with zero attached hydrogens (tertiary/aromatic N) is 1. The zero-order valence-corrected chi connectivity index (χ0v) is 12.2. The fourth-order valence-corrected chi connectivity index (χ4v) is 3.98. The molecule has 2 unspecified atom stereocenters. The SMILES string of the molecule is Cc1ccc(S(=O)(=O)N2CCCC(C(C)O)C2)cc1. The molecule has 0 spiro atoms. The number of benzene rings is 1. The molecule has 0 radical (unpaired) electrons. The van der Waals surface area contributed by atoms with Crippen LogP contribution < -0.4 is 0 Å². The highest BCUT2D eigenvalue weighted by Crippen LogP contribution is 2.25. The lowest BCUT2D eigenvalue weighted by molar-refractivity contribution is 0.0885. The predicted octanol–water partition coefficient (Wildman–Crippen LogP) is 1.78. The molecule has 1 aliphatic heterocycles. The summed E-state index contributed by atoms with van der Waals surface area (Å²) in [5.41, 5.74) is 1.04. The lowest BCUT2D eigenvalue weighted by Crippen LogP contribution is -2.42. The first-order valence-electron chi connectivity index (χ1n) is 6.66. The molecule has 1 fully saturated rings. The second kappa shape index (κ2) is 5.61. The molecule has 0 amide bonds. The van der Waals surface area contributed by atoms with E-state index in [1.165, 1.54) is 4.31 Å². The van der Waals surface area contributed by atoms with Crippen molar-refractivity contribution in [3.8, 4) is 0 Å². The fraction of sp³-hybridized carbons (Fsp3) is 0.571. The summed E-state index contributed by atoms with van der Waals surface area (Å²) < 4.78 is 26.5. The van der Waals surface area contributed by atoms with Gasteiger partial charge in [-0.3, -0.25) is 0 Å². The number of aryl methyl sites for hydroxylation is 1. The van der Waals surface area contributed by atoms with E-state index in [4.69, 9.17) is 0 Å². The summed E-state index contributed by atoms with van der Waals surface area (Å²) in [7, 11) is -3.42. The Bertz CT molecular complexity index is 522. The average molecular weight is 283 g/mol. The Labute approximate surface area is 115 Å². The quantitative estimate of drug-likeness (QED) is 0.920. The fourth-order valence-electron chi connectivity index (χ4n) is 2.45. The molecule has 106 valence electrons. The van der Waals surface area contributed by atoms with Crippen LogP contribution in [0.1, 0.15) is 25.3 Å². The highest BCUT2D eigenvalue weighted by atomic mass is 32.2. The van der Waals surface area contributed by atoms with Crippen molar-refractivity contribution in [1.29, 1.82) is 0 Å². The van der Waals surface area contributed by atoms with Crippen LogP contribution in [0.5, 0.6) is 0 Å². The van der Waals surface area contributed by atoms with E-state index in [9.17, 15) is 13.5 Å². The predicted molar refractivity (Wildman–Crippen MR) is 74.3 cm³/mol. The molecular formula is C14H21NO3S. The zero-order valence-electron chi connectivity index (χ0n) is 11.4. The van der Waals surface area contributed by atoms with Gasteiger partial charge in [-0.15, -0.1) is 0 Å². The van der Waals surface area contributed by atoms with Gasteiger partial charge in [-0.05, 0) is 44.7 Å². The molecular weight excluding hydrogens is 262 g/mol. The molecule has 5 heteroatoms. The smallest absolute Gasteiger partial charge is 0.243 e. The number of piperidine rings is 1. The minimum atomic E-state index is -3.42. The third-order valence-corrected chi connectivity index (χ3v) is 5.64. The molecule has 1 aromatic carbocycles. The first-order valence-corrected chi connectivity index (χ1v) is 8.10. The monoisotopic (exact) mass is 283 g/mol. The van der Waals surface area contributed by atoms with Gasteiger partial charge in [0.05, 0.1) is 11.0 Å². The zero-order chi connectivity index (χ0) is 14.0. The van der Waals surface area contributed by atoms with Crippen molar-refractivity contribution in [2.75, 3.05) is 13.1 Å². The maximum absolute atomic E-state index is 12.5. The van der Waals surface area contributed by atoms with Crippen molar-refractivity contribution in [2.45, 2.75) is 37.7 Å². The van der Waals surface area contributed by atoms with Crippen LogP contribution in [-0.4, -0.2) is 37.0 Å². The summed E-state index contributed by atoms with van der Waals surface area (Å²) in [5, 5.41) is 9.65. The number of aliphatic hydroxyl groups excluding tert-OH is 1. The third kappa shape index (κ3) is 3.16. The second-order valence-corrected chi connectivity index (χ2v) is 7.26. The van der Waals surface area contributed by atoms with E-state index < -0.39 is 16.1 Å². The molecule has 0 bridgehead atoms. The molecule has 19 heavy (non-hydrogen) atoms. The van der Waals surface area contributed by atoms with Gasteiger partial charge in [0.15, 0.2) is 0 Å². The Morgan fingerprint density at radius 2 is 1.95 bits per heavy atom. The molecule has 1 aliphatic rings.